The first kappa shape index (κ1) is 16.3. The van der Waals surface area contributed by atoms with Crippen molar-refractivity contribution in [2.45, 2.75) is 20.4 Å². The number of rotatable bonds is 4. The lowest BCUT2D eigenvalue weighted by Crippen LogP contribution is -2.18. The van der Waals surface area contributed by atoms with E-state index in [-0.39, 0.29) is 11.5 Å². The summed E-state index contributed by atoms with van der Waals surface area (Å²) in [5.74, 6) is 0.730. The number of hydrogen-bond donors (Lipinski definition) is 3. The van der Waals surface area contributed by atoms with E-state index >= 15 is 0 Å². The smallest absolute Gasteiger partial charge is 0.267 e. The molecule has 24 heavy (non-hydrogen) atoms. The summed E-state index contributed by atoms with van der Waals surface area (Å²) < 4.78 is 0. The molecule has 0 bridgehead atoms. The van der Waals surface area contributed by atoms with E-state index in [2.05, 4.69) is 25.5 Å². The average molecular weight is 346 g/mol. The minimum Gasteiger partial charge on any atom is -0.309 e. The van der Waals surface area contributed by atoms with Crippen LogP contribution in [0.15, 0.2) is 10.9 Å². The van der Waals surface area contributed by atoms with E-state index in [9.17, 15) is 9.59 Å². The molecule has 126 valence electrons. The van der Waals surface area contributed by atoms with Crippen LogP contribution in [0.4, 0.5) is 5.82 Å². The number of aryl methyl sites for hydroxylation is 2. The fourth-order valence-electron chi connectivity index (χ4n) is 2.43. The summed E-state index contributed by atoms with van der Waals surface area (Å²) in [5, 5.41) is 9.95. The van der Waals surface area contributed by atoms with Crippen LogP contribution < -0.4 is 10.9 Å². The first-order valence-electron chi connectivity index (χ1n) is 7.35. The van der Waals surface area contributed by atoms with E-state index in [4.69, 9.17) is 0 Å². The highest BCUT2D eigenvalue weighted by Crippen LogP contribution is 2.27. The third-order valence-corrected chi connectivity index (χ3v) is 4.65. The molecule has 0 aliphatic heterocycles. The summed E-state index contributed by atoms with van der Waals surface area (Å²) in [6, 6.07) is 1.74. The maximum atomic E-state index is 12.5. The number of carbonyl (C=O) groups excluding carboxylic acids is 1. The summed E-state index contributed by atoms with van der Waals surface area (Å²) in [6.45, 7) is 4.13. The largest absolute Gasteiger partial charge is 0.309 e. The molecular formula is C15H18N6O2S. The molecule has 0 fully saturated rings. The summed E-state index contributed by atoms with van der Waals surface area (Å²) in [7, 11) is 3.79. The molecular weight excluding hydrogens is 328 g/mol. The molecule has 3 aromatic heterocycles. The van der Waals surface area contributed by atoms with Crippen molar-refractivity contribution in [3.05, 3.63) is 38.4 Å². The second-order valence-corrected chi connectivity index (χ2v) is 6.88. The van der Waals surface area contributed by atoms with E-state index < -0.39 is 0 Å². The molecule has 0 aromatic carbocycles. The van der Waals surface area contributed by atoms with Crippen LogP contribution in [0, 0.1) is 13.8 Å². The lowest BCUT2D eigenvalue weighted by molar-refractivity contribution is 0.102. The zero-order valence-corrected chi connectivity index (χ0v) is 14.7. The maximum Gasteiger partial charge on any atom is 0.267 e. The Morgan fingerprint density at radius 2 is 2.12 bits per heavy atom. The van der Waals surface area contributed by atoms with Crippen LogP contribution in [-0.2, 0) is 6.54 Å². The Balaban J connectivity index is 1.99. The van der Waals surface area contributed by atoms with Gasteiger partial charge in [0.05, 0.1) is 16.8 Å². The molecule has 0 unspecified atom stereocenters. The van der Waals surface area contributed by atoms with Gasteiger partial charge in [-0.1, -0.05) is 0 Å². The van der Waals surface area contributed by atoms with E-state index in [1.807, 2.05) is 25.9 Å². The Morgan fingerprint density at radius 3 is 2.75 bits per heavy atom. The normalized spacial score (nSPS) is 11.4. The van der Waals surface area contributed by atoms with Crippen LogP contribution in [0.1, 0.15) is 26.8 Å². The molecule has 8 nitrogen and oxygen atoms in total. The van der Waals surface area contributed by atoms with Gasteiger partial charge in [0.1, 0.15) is 10.7 Å². The lowest BCUT2D eigenvalue weighted by atomic mass is 10.2. The number of nitrogens with zero attached hydrogens (tertiary/aromatic N) is 3. The third kappa shape index (κ3) is 3.08. The van der Waals surface area contributed by atoms with Gasteiger partial charge in [0, 0.05) is 11.8 Å². The molecule has 0 radical (unpaired) electrons. The number of anilines is 1. The van der Waals surface area contributed by atoms with Crippen LogP contribution in [0.25, 0.3) is 10.2 Å². The molecule has 0 aliphatic carbocycles. The van der Waals surface area contributed by atoms with Crippen LogP contribution >= 0.6 is 11.3 Å². The van der Waals surface area contributed by atoms with E-state index in [0.717, 1.165) is 5.69 Å². The van der Waals surface area contributed by atoms with Crippen molar-refractivity contribution in [2.24, 2.45) is 0 Å². The van der Waals surface area contributed by atoms with Gasteiger partial charge in [-0.15, -0.1) is 11.3 Å². The number of hydrogen-bond acceptors (Lipinski definition) is 6. The number of fused-ring (bicyclic) bond motifs is 1. The summed E-state index contributed by atoms with van der Waals surface area (Å²) in [4.78, 5) is 35.0. The molecule has 0 aliphatic rings. The molecule has 1 amide bonds. The maximum absolute atomic E-state index is 12.5. The van der Waals surface area contributed by atoms with Gasteiger partial charge in [0.25, 0.3) is 11.5 Å². The first-order chi connectivity index (χ1) is 11.3. The SMILES string of the molecule is Cc1cc(NC(=O)c2sc3nc(CN(C)C)[nH]c(=O)c3c2C)n[nH]1. The fourth-order valence-corrected chi connectivity index (χ4v) is 3.53. The number of nitrogens with one attached hydrogen (secondary N) is 3. The van der Waals surface area contributed by atoms with Crippen LogP contribution in [0.2, 0.25) is 0 Å². The van der Waals surface area contributed by atoms with Gasteiger partial charge in [-0.25, -0.2) is 4.98 Å². The molecule has 0 saturated carbocycles. The minimum absolute atomic E-state index is 0.222. The number of aromatic amines is 2. The zero-order valence-electron chi connectivity index (χ0n) is 13.9. The van der Waals surface area contributed by atoms with Gasteiger partial charge in [-0.05, 0) is 33.5 Å². The van der Waals surface area contributed by atoms with Crippen molar-refractivity contribution >= 4 is 33.3 Å². The van der Waals surface area contributed by atoms with Crippen molar-refractivity contribution in [1.82, 2.24) is 25.1 Å². The highest BCUT2D eigenvalue weighted by molar-refractivity contribution is 7.20. The Labute approximate surface area is 141 Å². The number of carbonyl (C=O) groups is 1. The van der Waals surface area contributed by atoms with Crippen LogP contribution in [0.3, 0.4) is 0 Å². The number of aromatic nitrogens is 4. The Bertz CT molecular complexity index is 968. The zero-order chi connectivity index (χ0) is 17.4. The average Bonchev–Trinajstić information content (AvgIpc) is 3.02. The van der Waals surface area contributed by atoms with Gasteiger partial charge in [-0.2, -0.15) is 5.10 Å². The van der Waals surface area contributed by atoms with Crippen LogP contribution in [-0.4, -0.2) is 45.1 Å². The lowest BCUT2D eigenvalue weighted by Gasteiger charge is -2.07. The summed E-state index contributed by atoms with van der Waals surface area (Å²) in [5.41, 5.74) is 1.26. The fraction of sp³-hybridized carbons (Fsp3) is 0.333. The molecule has 3 heterocycles. The van der Waals surface area contributed by atoms with Gasteiger partial charge in [0.15, 0.2) is 5.82 Å². The number of H-pyrrole nitrogens is 2. The standard InChI is InChI=1S/C15H18N6O2S/c1-7-5-9(20-19-7)16-14(23)12-8(2)11-13(22)17-10(6-21(3)4)18-15(11)24-12/h5H,6H2,1-4H3,(H,17,18,22)(H2,16,19,20,23). The van der Waals surface area contributed by atoms with E-state index in [1.54, 1.807) is 13.0 Å². The second-order valence-electron chi connectivity index (χ2n) is 5.88. The number of thiophene rings is 1. The van der Waals surface area contributed by atoms with E-state index in [1.165, 1.54) is 11.3 Å². The molecule has 0 spiro atoms. The Hall–Kier alpha value is -2.52. The van der Waals surface area contributed by atoms with Gasteiger partial charge < -0.3 is 15.2 Å². The van der Waals surface area contributed by atoms with Crippen molar-refractivity contribution in [1.29, 1.82) is 0 Å². The molecule has 3 N–H and O–H groups in total. The van der Waals surface area contributed by atoms with Crippen molar-refractivity contribution < 1.29 is 4.79 Å². The van der Waals surface area contributed by atoms with Crippen molar-refractivity contribution in [3.63, 3.8) is 0 Å². The second kappa shape index (κ2) is 6.17. The molecule has 0 atom stereocenters. The monoisotopic (exact) mass is 346 g/mol. The molecule has 0 saturated heterocycles. The summed E-state index contributed by atoms with van der Waals surface area (Å²) >= 11 is 1.21. The number of amides is 1. The summed E-state index contributed by atoms with van der Waals surface area (Å²) in [6.07, 6.45) is 0. The molecule has 3 rings (SSSR count). The molecule has 3 aromatic rings. The highest BCUT2D eigenvalue weighted by Gasteiger charge is 2.20. The Kier molecular flexibility index (Phi) is 4.20. The van der Waals surface area contributed by atoms with Gasteiger partial charge in [-0.3, -0.25) is 14.7 Å². The topological polar surface area (TPSA) is 107 Å². The van der Waals surface area contributed by atoms with Crippen LogP contribution in [0.5, 0.6) is 0 Å². The first-order valence-corrected chi connectivity index (χ1v) is 8.17. The third-order valence-electron chi connectivity index (χ3n) is 3.47. The van der Waals surface area contributed by atoms with Crippen molar-refractivity contribution in [3.8, 4) is 0 Å². The van der Waals surface area contributed by atoms with Crippen molar-refractivity contribution in [2.75, 3.05) is 19.4 Å². The highest BCUT2D eigenvalue weighted by atomic mass is 32.1. The predicted octanol–water partition coefficient (Wildman–Crippen LogP) is 1.64. The quantitative estimate of drug-likeness (QED) is 0.666. The van der Waals surface area contributed by atoms with Gasteiger partial charge in [0.2, 0.25) is 0 Å². The molecule has 9 heteroatoms. The van der Waals surface area contributed by atoms with E-state index in [0.29, 0.717) is 38.8 Å². The predicted molar refractivity (Wildman–Crippen MR) is 93.6 cm³/mol. The van der Waals surface area contributed by atoms with Gasteiger partial charge >= 0.3 is 0 Å². The Morgan fingerprint density at radius 1 is 1.38 bits per heavy atom. The minimum atomic E-state index is -0.296.